The highest BCUT2D eigenvalue weighted by Gasteiger charge is 2.62. The quantitative estimate of drug-likeness (QED) is 0.575. The molecule has 1 fully saturated rings. The maximum atomic E-state index is 13.0. The van der Waals surface area contributed by atoms with Crippen LogP contribution < -0.4 is 9.80 Å². The van der Waals surface area contributed by atoms with Crippen LogP contribution in [0.15, 0.2) is 58.2 Å². The standard InChI is InChI=1S/C21H16Cl2N4O4/c1-12-19(13(2)30-24-12)27-18(28)11-29-21(27)26(17-9-7-16(23)8-10-17)20(25-31-21)14-3-5-15(22)6-4-14/h3-10H,11H2,1-2H3. The van der Waals surface area contributed by atoms with E-state index < -0.39 is 6.03 Å². The Hall–Kier alpha value is -3.07. The second kappa shape index (κ2) is 7.26. The predicted molar refractivity (Wildman–Crippen MR) is 115 cm³/mol. The SMILES string of the molecule is Cc1noc(C)c1N1C(=O)COC12ON=C(c1ccc(Cl)cc1)N2c1ccc(Cl)cc1. The lowest BCUT2D eigenvalue weighted by Gasteiger charge is -2.37. The fraction of sp³-hybridized carbons (Fsp3) is 0.190. The van der Waals surface area contributed by atoms with Crippen LogP contribution in [0.1, 0.15) is 17.0 Å². The van der Waals surface area contributed by atoms with Crippen molar-refractivity contribution in [2.75, 3.05) is 16.4 Å². The van der Waals surface area contributed by atoms with Gasteiger partial charge in [0.2, 0.25) is 0 Å². The fourth-order valence-corrected chi connectivity index (χ4v) is 3.96. The smallest absolute Gasteiger partial charge is 0.359 e. The van der Waals surface area contributed by atoms with Crippen LogP contribution in [0.5, 0.6) is 0 Å². The van der Waals surface area contributed by atoms with Gasteiger partial charge in [-0.05, 0) is 62.4 Å². The van der Waals surface area contributed by atoms with Crippen molar-refractivity contribution in [1.82, 2.24) is 5.16 Å². The van der Waals surface area contributed by atoms with Crippen LogP contribution in [-0.4, -0.2) is 29.5 Å². The number of carbonyl (C=O) groups is 1. The van der Waals surface area contributed by atoms with Gasteiger partial charge in [-0.2, -0.15) is 0 Å². The number of hydrogen-bond donors (Lipinski definition) is 0. The van der Waals surface area contributed by atoms with E-state index in [4.69, 9.17) is 37.3 Å². The average molecular weight is 459 g/mol. The van der Waals surface area contributed by atoms with Gasteiger partial charge in [0.1, 0.15) is 18.0 Å². The Morgan fingerprint density at radius 2 is 1.61 bits per heavy atom. The summed E-state index contributed by atoms with van der Waals surface area (Å²) in [4.78, 5) is 21.9. The van der Waals surface area contributed by atoms with Gasteiger partial charge in [0.25, 0.3) is 5.91 Å². The van der Waals surface area contributed by atoms with Gasteiger partial charge in [0.15, 0.2) is 11.6 Å². The van der Waals surface area contributed by atoms with Crippen molar-refractivity contribution < 1.29 is 18.9 Å². The largest absolute Gasteiger partial charge is 0.422 e. The summed E-state index contributed by atoms with van der Waals surface area (Å²) in [5.74, 6) is 0.571. The highest BCUT2D eigenvalue weighted by atomic mass is 35.5. The fourth-order valence-electron chi connectivity index (χ4n) is 3.71. The number of aryl methyl sites for hydroxylation is 2. The molecule has 0 aliphatic carbocycles. The molecule has 3 aromatic rings. The van der Waals surface area contributed by atoms with Crippen molar-refractivity contribution in [1.29, 1.82) is 0 Å². The number of hydrogen-bond acceptors (Lipinski definition) is 7. The molecule has 0 saturated carbocycles. The molecule has 1 atom stereocenters. The van der Waals surface area contributed by atoms with Crippen molar-refractivity contribution in [2.45, 2.75) is 19.9 Å². The molecule has 8 nitrogen and oxygen atoms in total. The molecule has 1 amide bonds. The Kier molecular flexibility index (Phi) is 4.65. The lowest BCUT2D eigenvalue weighted by atomic mass is 10.1. The molecule has 1 saturated heterocycles. The van der Waals surface area contributed by atoms with E-state index >= 15 is 0 Å². The van der Waals surface area contributed by atoms with Gasteiger partial charge in [-0.1, -0.05) is 33.5 Å². The van der Waals surface area contributed by atoms with Crippen LogP contribution >= 0.6 is 23.2 Å². The molecule has 3 heterocycles. The lowest BCUT2D eigenvalue weighted by molar-refractivity contribution is -0.188. The number of anilines is 2. The molecule has 1 unspecified atom stereocenters. The lowest BCUT2D eigenvalue weighted by Crippen LogP contribution is -2.60. The molecule has 0 radical (unpaired) electrons. The average Bonchev–Trinajstić information content (AvgIpc) is 3.40. The van der Waals surface area contributed by atoms with Gasteiger partial charge < -0.3 is 9.36 Å². The third-order valence-electron chi connectivity index (χ3n) is 5.07. The van der Waals surface area contributed by atoms with E-state index in [1.54, 1.807) is 55.1 Å². The summed E-state index contributed by atoms with van der Waals surface area (Å²) in [6, 6.07) is 12.5. The summed E-state index contributed by atoms with van der Waals surface area (Å²) in [6.07, 6.45) is 0. The van der Waals surface area contributed by atoms with Crippen LogP contribution in [0, 0.1) is 13.8 Å². The second-order valence-corrected chi connectivity index (χ2v) is 7.94. The first-order valence-corrected chi connectivity index (χ1v) is 10.1. The van der Waals surface area contributed by atoms with Crippen molar-refractivity contribution >= 4 is 46.3 Å². The van der Waals surface area contributed by atoms with Gasteiger partial charge in [-0.15, -0.1) is 0 Å². The maximum Gasteiger partial charge on any atom is 0.422 e. The van der Waals surface area contributed by atoms with Gasteiger partial charge in [0.05, 0.1) is 5.69 Å². The number of amidine groups is 1. The molecule has 10 heteroatoms. The number of amides is 1. The minimum atomic E-state index is -1.69. The summed E-state index contributed by atoms with van der Waals surface area (Å²) in [6.45, 7) is 3.25. The molecule has 31 heavy (non-hydrogen) atoms. The molecular formula is C21H16Cl2N4O4. The third-order valence-corrected chi connectivity index (χ3v) is 5.57. The zero-order valence-electron chi connectivity index (χ0n) is 16.5. The number of rotatable bonds is 3. The molecule has 5 rings (SSSR count). The minimum absolute atomic E-state index is 0.211. The number of halogens is 2. The molecular weight excluding hydrogens is 443 g/mol. The van der Waals surface area contributed by atoms with Crippen molar-refractivity contribution in [3.8, 4) is 0 Å². The maximum absolute atomic E-state index is 13.0. The van der Waals surface area contributed by atoms with Gasteiger partial charge in [-0.25, -0.2) is 9.80 Å². The van der Waals surface area contributed by atoms with Crippen LogP contribution in [0.4, 0.5) is 11.4 Å². The van der Waals surface area contributed by atoms with Crippen molar-refractivity contribution in [3.05, 3.63) is 75.6 Å². The van der Waals surface area contributed by atoms with E-state index in [-0.39, 0.29) is 12.5 Å². The van der Waals surface area contributed by atoms with Crippen LogP contribution in [0.25, 0.3) is 0 Å². The van der Waals surface area contributed by atoms with Gasteiger partial charge in [-0.3, -0.25) is 9.53 Å². The number of ether oxygens (including phenoxy) is 1. The molecule has 2 aliphatic heterocycles. The first kappa shape index (κ1) is 19.9. The number of nitrogens with zero attached hydrogens (tertiary/aromatic N) is 4. The monoisotopic (exact) mass is 458 g/mol. The molecule has 1 spiro atoms. The zero-order chi connectivity index (χ0) is 21.8. The number of benzene rings is 2. The van der Waals surface area contributed by atoms with E-state index in [1.165, 1.54) is 4.90 Å². The number of oxime groups is 1. The van der Waals surface area contributed by atoms with Crippen LogP contribution in [0.3, 0.4) is 0 Å². The van der Waals surface area contributed by atoms with Crippen molar-refractivity contribution in [3.63, 3.8) is 0 Å². The molecule has 2 aliphatic rings. The summed E-state index contributed by atoms with van der Waals surface area (Å²) in [5, 5.41) is 9.43. The second-order valence-electron chi connectivity index (χ2n) is 7.06. The zero-order valence-corrected chi connectivity index (χ0v) is 18.0. The van der Waals surface area contributed by atoms with E-state index in [0.29, 0.717) is 38.7 Å². The molecule has 0 N–H and O–H groups in total. The summed E-state index contributed by atoms with van der Waals surface area (Å²) in [7, 11) is 0. The summed E-state index contributed by atoms with van der Waals surface area (Å²) < 4.78 is 11.3. The van der Waals surface area contributed by atoms with Crippen molar-refractivity contribution in [2.24, 2.45) is 5.16 Å². The molecule has 0 bridgehead atoms. The Bertz CT molecular complexity index is 1170. The number of carbonyl (C=O) groups excluding carboxylic acids is 1. The van der Waals surface area contributed by atoms with Gasteiger partial charge in [0, 0.05) is 15.6 Å². The Labute approximate surface area is 187 Å². The van der Waals surface area contributed by atoms with Crippen LogP contribution in [0.2, 0.25) is 10.0 Å². The van der Waals surface area contributed by atoms with E-state index in [0.717, 1.165) is 5.56 Å². The minimum Gasteiger partial charge on any atom is -0.359 e. The Balaban J connectivity index is 1.69. The first-order valence-electron chi connectivity index (χ1n) is 9.38. The molecule has 2 aromatic carbocycles. The number of aromatic nitrogens is 1. The summed E-state index contributed by atoms with van der Waals surface area (Å²) >= 11 is 12.2. The van der Waals surface area contributed by atoms with E-state index in [2.05, 4.69) is 10.3 Å². The van der Waals surface area contributed by atoms with E-state index in [9.17, 15) is 4.79 Å². The summed E-state index contributed by atoms with van der Waals surface area (Å²) in [5.41, 5.74) is 2.37. The van der Waals surface area contributed by atoms with E-state index in [1.807, 2.05) is 12.1 Å². The Morgan fingerprint density at radius 1 is 0.968 bits per heavy atom. The topological polar surface area (TPSA) is 80.4 Å². The molecule has 158 valence electrons. The first-order chi connectivity index (χ1) is 14.9. The Morgan fingerprint density at radius 3 is 2.23 bits per heavy atom. The van der Waals surface area contributed by atoms with Crippen LogP contribution in [-0.2, 0) is 14.4 Å². The highest BCUT2D eigenvalue weighted by molar-refractivity contribution is 6.31. The van der Waals surface area contributed by atoms with Gasteiger partial charge >= 0.3 is 6.03 Å². The third kappa shape index (κ3) is 3.06. The normalized spacial score (nSPS) is 20.5. The predicted octanol–water partition coefficient (Wildman–Crippen LogP) is 4.47. The molecule has 1 aromatic heterocycles. The highest BCUT2D eigenvalue weighted by Crippen LogP contribution is 2.44.